The molecule has 0 aromatic heterocycles. The number of ether oxygens (including phenoxy) is 1. The highest BCUT2D eigenvalue weighted by Gasteiger charge is 2.07. The fraction of sp³-hybridized carbons (Fsp3) is 0.529. The van der Waals surface area contributed by atoms with Crippen molar-refractivity contribution in [1.82, 2.24) is 4.90 Å². The first-order valence-electron chi connectivity index (χ1n) is 7.44. The molecule has 3 N–H and O–H groups in total. The second-order valence-corrected chi connectivity index (χ2v) is 4.89. The van der Waals surface area contributed by atoms with Crippen LogP contribution in [0.25, 0.3) is 0 Å². The first-order chi connectivity index (χ1) is 10.2. The van der Waals surface area contributed by atoms with Crippen LogP contribution in [0.1, 0.15) is 30.9 Å². The van der Waals surface area contributed by atoms with Crippen molar-refractivity contribution in [1.29, 1.82) is 0 Å². The lowest BCUT2D eigenvalue weighted by atomic mass is 10.1. The predicted molar refractivity (Wildman–Crippen MR) is 86.2 cm³/mol. The zero-order valence-electron chi connectivity index (χ0n) is 13.1. The second-order valence-electron chi connectivity index (χ2n) is 4.89. The maximum atomic E-state index is 9.17. The minimum atomic E-state index is 0.180. The molecule has 0 amide bonds. The van der Waals surface area contributed by atoms with E-state index in [9.17, 15) is 0 Å². The Kier molecular flexibility index (Phi) is 8.53. The number of unbranched alkanes of at least 4 members (excludes halogenated alkanes) is 1. The number of rotatable bonds is 8. The van der Waals surface area contributed by atoms with Crippen molar-refractivity contribution in [3.8, 4) is 17.6 Å². The van der Waals surface area contributed by atoms with Gasteiger partial charge in [-0.2, -0.15) is 0 Å². The molecule has 0 radical (unpaired) electrons. The van der Waals surface area contributed by atoms with Gasteiger partial charge in [-0.25, -0.2) is 0 Å². The molecule has 0 atom stereocenters. The Hall–Kier alpha value is -1.54. The average molecular weight is 290 g/mol. The van der Waals surface area contributed by atoms with Crippen LogP contribution >= 0.6 is 0 Å². The fourth-order valence-electron chi connectivity index (χ4n) is 2.15. The van der Waals surface area contributed by atoms with E-state index in [0.29, 0.717) is 13.1 Å². The molecule has 0 aliphatic heterocycles. The van der Waals surface area contributed by atoms with Crippen molar-refractivity contribution < 1.29 is 9.84 Å². The Bertz CT molecular complexity index is 477. The molecule has 1 rings (SSSR count). The third-order valence-electron chi connectivity index (χ3n) is 3.24. The van der Waals surface area contributed by atoms with Gasteiger partial charge in [0.05, 0.1) is 25.8 Å². The number of nitrogens with two attached hydrogens (primary N) is 1. The van der Waals surface area contributed by atoms with Crippen molar-refractivity contribution in [2.75, 3.05) is 33.4 Å². The van der Waals surface area contributed by atoms with Gasteiger partial charge in [0.1, 0.15) is 5.75 Å². The van der Waals surface area contributed by atoms with Crippen molar-refractivity contribution in [3.63, 3.8) is 0 Å². The molecule has 0 bridgehead atoms. The summed E-state index contributed by atoms with van der Waals surface area (Å²) in [6.45, 7) is 5.18. The summed E-state index contributed by atoms with van der Waals surface area (Å²) < 4.78 is 5.32. The Labute approximate surface area is 127 Å². The summed E-state index contributed by atoms with van der Waals surface area (Å²) in [5, 5.41) is 9.17. The normalized spacial score (nSPS) is 10.3. The molecule has 0 saturated carbocycles. The number of aliphatic hydroxyl groups is 1. The summed E-state index contributed by atoms with van der Waals surface area (Å²) in [5.74, 6) is 6.67. The molecule has 0 aliphatic rings. The van der Waals surface area contributed by atoms with Crippen LogP contribution in [0.15, 0.2) is 18.2 Å². The van der Waals surface area contributed by atoms with Crippen LogP contribution in [0, 0.1) is 11.8 Å². The molecule has 1 aromatic carbocycles. The summed E-state index contributed by atoms with van der Waals surface area (Å²) in [6, 6.07) is 6.02. The predicted octanol–water partition coefficient (Wildman–Crippen LogP) is 1.60. The number of hydrogen-bond donors (Lipinski definition) is 2. The summed E-state index contributed by atoms with van der Waals surface area (Å²) >= 11 is 0. The van der Waals surface area contributed by atoms with Gasteiger partial charge >= 0.3 is 0 Å². The minimum absolute atomic E-state index is 0.180. The van der Waals surface area contributed by atoms with Crippen LogP contribution in [0.3, 0.4) is 0 Å². The van der Waals surface area contributed by atoms with Gasteiger partial charge < -0.3 is 15.6 Å². The first-order valence-corrected chi connectivity index (χ1v) is 7.44. The van der Waals surface area contributed by atoms with Crippen LogP contribution in [0.5, 0.6) is 5.75 Å². The third kappa shape index (κ3) is 6.17. The van der Waals surface area contributed by atoms with Crippen LogP contribution in [0.4, 0.5) is 0 Å². The molecule has 0 aliphatic carbocycles. The quantitative estimate of drug-likeness (QED) is 0.714. The number of hydrogen-bond acceptors (Lipinski definition) is 4. The van der Waals surface area contributed by atoms with Crippen LogP contribution in [0.2, 0.25) is 0 Å². The molecule has 0 saturated heterocycles. The molecule has 0 fully saturated rings. The molecular weight excluding hydrogens is 264 g/mol. The lowest BCUT2D eigenvalue weighted by Gasteiger charge is -2.21. The molecule has 0 unspecified atom stereocenters. The van der Waals surface area contributed by atoms with Gasteiger partial charge in [-0.15, -0.1) is 0 Å². The lowest BCUT2D eigenvalue weighted by molar-refractivity contribution is 0.188. The Morgan fingerprint density at radius 3 is 2.76 bits per heavy atom. The number of aliphatic hydroxyl groups excluding tert-OH is 1. The summed E-state index contributed by atoms with van der Waals surface area (Å²) in [5.41, 5.74) is 7.46. The summed E-state index contributed by atoms with van der Waals surface area (Å²) in [6.07, 6.45) is 2.29. The number of benzene rings is 1. The van der Waals surface area contributed by atoms with Gasteiger partial charge in [-0.3, -0.25) is 4.90 Å². The fourth-order valence-corrected chi connectivity index (χ4v) is 2.15. The van der Waals surface area contributed by atoms with E-state index in [1.165, 1.54) is 5.56 Å². The lowest BCUT2D eigenvalue weighted by Crippen LogP contribution is -2.27. The molecule has 4 nitrogen and oxygen atoms in total. The van der Waals surface area contributed by atoms with Gasteiger partial charge in [-0.1, -0.05) is 31.3 Å². The van der Waals surface area contributed by atoms with E-state index in [1.807, 2.05) is 18.2 Å². The highest BCUT2D eigenvalue weighted by molar-refractivity contribution is 5.48. The van der Waals surface area contributed by atoms with Crippen molar-refractivity contribution in [2.45, 2.75) is 26.3 Å². The standard InChI is InChI=1S/C17H26N2O2/c1-3-4-10-19(11-12-20)14-15-7-8-17(21-2)16(13-15)6-5-9-18/h7-8,13,20H,3-4,9-12,14,18H2,1-2H3. The maximum Gasteiger partial charge on any atom is 0.134 e. The Balaban J connectivity index is 2.85. The van der Waals surface area contributed by atoms with E-state index in [2.05, 4.69) is 23.7 Å². The monoisotopic (exact) mass is 290 g/mol. The molecule has 0 spiro atoms. The van der Waals surface area contributed by atoms with Crippen LogP contribution < -0.4 is 10.5 Å². The smallest absolute Gasteiger partial charge is 0.134 e. The van der Waals surface area contributed by atoms with E-state index in [1.54, 1.807) is 7.11 Å². The molecule has 116 valence electrons. The molecule has 1 aromatic rings. The van der Waals surface area contributed by atoms with E-state index in [4.69, 9.17) is 15.6 Å². The summed E-state index contributed by atoms with van der Waals surface area (Å²) in [4.78, 5) is 2.26. The Morgan fingerprint density at radius 2 is 2.14 bits per heavy atom. The molecular formula is C17H26N2O2. The van der Waals surface area contributed by atoms with E-state index >= 15 is 0 Å². The van der Waals surface area contributed by atoms with E-state index in [-0.39, 0.29) is 6.61 Å². The van der Waals surface area contributed by atoms with Crippen LogP contribution in [-0.2, 0) is 6.54 Å². The maximum absolute atomic E-state index is 9.17. The SMILES string of the molecule is CCCCN(CCO)Cc1ccc(OC)c(C#CCN)c1. The van der Waals surface area contributed by atoms with Gasteiger partial charge in [0, 0.05) is 13.1 Å². The van der Waals surface area contributed by atoms with Gasteiger partial charge in [0.25, 0.3) is 0 Å². The zero-order valence-corrected chi connectivity index (χ0v) is 13.1. The largest absolute Gasteiger partial charge is 0.495 e. The minimum Gasteiger partial charge on any atom is -0.495 e. The summed E-state index contributed by atoms with van der Waals surface area (Å²) in [7, 11) is 1.64. The van der Waals surface area contributed by atoms with E-state index < -0.39 is 0 Å². The molecule has 4 heteroatoms. The average Bonchev–Trinajstić information content (AvgIpc) is 2.51. The molecule has 21 heavy (non-hydrogen) atoms. The van der Waals surface area contributed by atoms with Gasteiger partial charge in [-0.05, 0) is 30.7 Å². The highest BCUT2D eigenvalue weighted by atomic mass is 16.5. The highest BCUT2D eigenvalue weighted by Crippen LogP contribution is 2.20. The molecule has 0 heterocycles. The zero-order chi connectivity index (χ0) is 15.5. The first kappa shape index (κ1) is 17.5. The number of nitrogens with zero attached hydrogens (tertiary/aromatic N) is 1. The second kappa shape index (κ2) is 10.2. The topological polar surface area (TPSA) is 58.7 Å². The Morgan fingerprint density at radius 1 is 1.33 bits per heavy atom. The van der Waals surface area contributed by atoms with Crippen molar-refractivity contribution in [3.05, 3.63) is 29.3 Å². The van der Waals surface area contributed by atoms with Crippen LogP contribution in [-0.4, -0.2) is 43.4 Å². The number of methoxy groups -OCH3 is 1. The van der Waals surface area contributed by atoms with Crippen molar-refractivity contribution >= 4 is 0 Å². The van der Waals surface area contributed by atoms with E-state index in [0.717, 1.165) is 37.2 Å². The van der Waals surface area contributed by atoms with Gasteiger partial charge in [0.2, 0.25) is 0 Å². The third-order valence-corrected chi connectivity index (χ3v) is 3.24. The van der Waals surface area contributed by atoms with Crippen molar-refractivity contribution in [2.24, 2.45) is 5.73 Å². The van der Waals surface area contributed by atoms with Gasteiger partial charge in [0.15, 0.2) is 0 Å².